The van der Waals surface area contributed by atoms with Gasteiger partial charge < -0.3 is 10.1 Å². The molecule has 0 amide bonds. The van der Waals surface area contributed by atoms with Crippen LogP contribution in [0, 0.1) is 0 Å². The second-order valence-corrected chi connectivity index (χ2v) is 7.90. The topological polar surface area (TPSA) is 88.6 Å². The minimum atomic E-state index is 0.517. The molecule has 0 bridgehead atoms. The lowest BCUT2D eigenvalue weighted by atomic mass is 10.0. The molecule has 0 saturated carbocycles. The van der Waals surface area contributed by atoms with Crippen LogP contribution in [-0.4, -0.2) is 25.4 Å². The minimum Gasteiger partial charge on any atom is -0.438 e. The van der Waals surface area contributed by atoms with E-state index in [1.807, 2.05) is 85.1 Å². The molecule has 0 saturated heterocycles. The molecule has 3 aromatic heterocycles. The van der Waals surface area contributed by atoms with Gasteiger partial charge in [-0.15, -0.1) is 10.2 Å². The van der Waals surface area contributed by atoms with E-state index >= 15 is 0 Å². The number of H-pyrrole nitrogens is 1. The monoisotopic (exact) mass is 456 g/mol. The average molecular weight is 457 g/mol. The number of anilines is 2. The van der Waals surface area contributed by atoms with Crippen molar-refractivity contribution in [3.63, 3.8) is 0 Å². The second-order valence-electron chi connectivity index (χ2n) is 7.90. The third-order valence-corrected chi connectivity index (χ3v) is 5.65. The van der Waals surface area contributed by atoms with Crippen LogP contribution >= 0.6 is 0 Å². The van der Waals surface area contributed by atoms with Gasteiger partial charge in [-0.1, -0.05) is 54.6 Å². The fraction of sp³-hybridized carbons (Fsp3) is 0. The van der Waals surface area contributed by atoms with Gasteiger partial charge in [0, 0.05) is 45.5 Å². The van der Waals surface area contributed by atoms with Crippen LogP contribution in [0.4, 0.5) is 11.5 Å². The van der Waals surface area contributed by atoms with Crippen LogP contribution in [0.5, 0.6) is 11.6 Å². The predicted molar refractivity (Wildman–Crippen MR) is 137 cm³/mol. The van der Waals surface area contributed by atoms with Gasteiger partial charge in [-0.2, -0.15) is 5.10 Å². The molecule has 0 aliphatic carbocycles. The standard InChI is InChI=1S/C28H20N6O/c1-2-7-19(8-3-1)26-24-9-4-5-10-25(24)27(34-33-26)32-21-12-14-22(15-13-21)35-28-23(11-6-16-29-28)20-17-30-31-18-20/h1-18H,(H,30,31)(H,32,34). The van der Waals surface area contributed by atoms with Crippen molar-refractivity contribution in [2.75, 3.05) is 5.32 Å². The molecule has 6 rings (SSSR count). The summed E-state index contributed by atoms with van der Waals surface area (Å²) in [5.41, 5.74) is 4.55. The maximum atomic E-state index is 6.06. The molecular weight excluding hydrogens is 436 g/mol. The first kappa shape index (κ1) is 20.6. The SMILES string of the molecule is c1ccc(-c2nnc(Nc3ccc(Oc4ncccc4-c4cn[nH]c4)cc3)c3ccccc23)cc1. The average Bonchev–Trinajstić information content (AvgIpc) is 3.46. The van der Waals surface area contributed by atoms with Gasteiger partial charge >= 0.3 is 0 Å². The summed E-state index contributed by atoms with van der Waals surface area (Å²) in [6, 6.07) is 29.7. The Hall–Kier alpha value is -5.04. The largest absolute Gasteiger partial charge is 0.438 e. The normalized spacial score (nSPS) is 10.9. The summed E-state index contributed by atoms with van der Waals surface area (Å²) in [4.78, 5) is 4.39. The van der Waals surface area contributed by atoms with Crippen molar-refractivity contribution in [3.8, 4) is 34.0 Å². The number of fused-ring (bicyclic) bond motifs is 1. The van der Waals surface area contributed by atoms with E-state index < -0.39 is 0 Å². The van der Waals surface area contributed by atoms with Crippen LogP contribution < -0.4 is 10.1 Å². The number of aromatic nitrogens is 5. The van der Waals surface area contributed by atoms with Crippen LogP contribution in [0.3, 0.4) is 0 Å². The Bertz CT molecular complexity index is 1580. The van der Waals surface area contributed by atoms with Crippen LogP contribution in [0.25, 0.3) is 33.2 Å². The first-order valence-corrected chi connectivity index (χ1v) is 11.1. The maximum Gasteiger partial charge on any atom is 0.227 e. The van der Waals surface area contributed by atoms with Crippen LogP contribution in [-0.2, 0) is 0 Å². The third-order valence-electron chi connectivity index (χ3n) is 5.65. The zero-order valence-electron chi connectivity index (χ0n) is 18.6. The van der Waals surface area contributed by atoms with Gasteiger partial charge in [-0.25, -0.2) is 4.98 Å². The zero-order chi connectivity index (χ0) is 23.5. The smallest absolute Gasteiger partial charge is 0.227 e. The highest BCUT2D eigenvalue weighted by molar-refractivity contribution is 6.00. The third kappa shape index (κ3) is 4.18. The lowest BCUT2D eigenvalue weighted by molar-refractivity contribution is 0.465. The highest BCUT2D eigenvalue weighted by Crippen LogP contribution is 2.33. The number of hydrogen-bond acceptors (Lipinski definition) is 6. The Morgan fingerprint density at radius 1 is 0.714 bits per heavy atom. The van der Waals surface area contributed by atoms with E-state index in [0.717, 1.165) is 38.8 Å². The minimum absolute atomic E-state index is 0.517. The van der Waals surface area contributed by atoms with E-state index in [-0.39, 0.29) is 0 Å². The lowest BCUT2D eigenvalue weighted by Crippen LogP contribution is -1.99. The summed E-state index contributed by atoms with van der Waals surface area (Å²) < 4.78 is 6.06. The number of hydrogen-bond donors (Lipinski definition) is 2. The molecule has 0 aliphatic heterocycles. The molecule has 35 heavy (non-hydrogen) atoms. The Kier molecular flexibility index (Phi) is 5.33. The number of nitrogens with zero attached hydrogens (tertiary/aromatic N) is 4. The number of aromatic amines is 1. The van der Waals surface area contributed by atoms with E-state index in [2.05, 4.69) is 42.8 Å². The highest BCUT2D eigenvalue weighted by atomic mass is 16.5. The van der Waals surface area contributed by atoms with Crippen molar-refractivity contribution in [2.24, 2.45) is 0 Å². The molecule has 3 heterocycles. The molecule has 2 N–H and O–H groups in total. The molecule has 168 valence electrons. The van der Waals surface area contributed by atoms with E-state index in [1.165, 1.54) is 0 Å². The van der Waals surface area contributed by atoms with Crippen LogP contribution in [0.15, 0.2) is 110 Å². The number of ether oxygens (including phenoxy) is 1. The Balaban J connectivity index is 1.26. The van der Waals surface area contributed by atoms with Gasteiger partial charge in [0.25, 0.3) is 0 Å². The van der Waals surface area contributed by atoms with E-state index in [0.29, 0.717) is 17.4 Å². The van der Waals surface area contributed by atoms with Crippen LogP contribution in [0.1, 0.15) is 0 Å². The van der Waals surface area contributed by atoms with Crippen LogP contribution in [0.2, 0.25) is 0 Å². The number of nitrogens with one attached hydrogen (secondary N) is 2. The van der Waals surface area contributed by atoms with Crippen molar-refractivity contribution in [1.82, 2.24) is 25.4 Å². The molecule has 0 fully saturated rings. The van der Waals surface area contributed by atoms with Gasteiger partial charge in [0.2, 0.25) is 5.88 Å². The maximum absolute atomic E-state index is 6.06. The lowest BCUT2D eigenvalue weighted by Gasteiger charge is -2.12. The summed E-state index contributed by atoms with van der Waals surface area (Å²) in [5.74, 6) is 1.89. The van der Waals surface area contributed by atoms with Crippen molar-refractivity contribution in [1.29, 1.82) is 0 Å². The predicted octanol–water partition coefficient (Wildman–Crippen LogP) is 6.62. The summed E-state index contributed by atoms with van der Waals surface area (Å²) in [7, 11) is 0. The number of benzene rings is 3. The van der Waals surface area contributed by atoms with E-state index in [9.17, 15) is 0 Å². The summed E-state index contributed by atoms with van der Waals surface area (Å²) in [5, 5.41) is 21.3. The highest BCUT2D eigenvalue weighted by Gasteiger charge is 2.12. The molecule has 7 heteroatoms. The van der Waals surface area contributed by atoms with Gasteiger partial charge in [0.15, 0.2) is 5.82 Å². The zero-order valence-corrected chi connectivity index (χ0v) is 18.6. The van der Waals surface area contributed by atoms with Gasteiger partial charge in [-0.3, -0.25) is 5.10 Å². The quantitative estimate of drug-likeness (QED) is 0.293. The molecular formula is C28H20N6O. The van der Waals surface area contributed by atoms with E-state index in [1.54, 1.807) is 12.4 Å². The molecule has 0 aliphatic rings. The first-order chi connectivity index (χ1) is 17.3. The molecule has 0 spiro atoms. The van der Waals surface area contributed by atoms with Crippen molar-refractivity contribution < 1.29 is 4.74 Å². The molecule has 0 radical (unpaired) electrons. The Labute approximate surface area is 201 Å². The van der Waals surface area contributed by atoms with E-state index in [4.69, 9.17) is 4.74 Å². The van der Waals surface area contributed by atoms with Gasteiger partial charge in [0.1, 0.15) is 11.4 Å². The fourth-order valence-electron chi connectivity index (χ4n) is 3.95. The summed E-state index contributed by atoms with van der Waals surface area (Å²) >= 11 is 0. The Morgan fingerprint density at radius 2 is 1.51 bits per heavy atom. The fourth-order valence-corrected chi connectivity index (χ4v) is 3.95. The molecule has 3 aromatic carbocycles. The molecule has 0 unspecified atom stereocenters. The van der Waals surface area contributed by atoms with Crippen molar-refractivity contribution in [3.05, 3.63) is 110 Å². The summed E-state index contributed by atoms with van der Waals surface area (Å²) in [6.45, 7) is 0. The number of rotatable bonds is 6. The van der Waals surface area contributed by atoms with Crippen molar-refractivity contribution in [2.45, 2.75) is 0 Å². The van der Waals surface area contributed by atoms with Crippen molar-refractivity contribution >= 4 is 22.3 Å². The first-order valence-electron chi connectivity index (χ1n) is 11.1. The second kappa shape index (κ2) is 9.07. The summed E-state index contributed by atoms with van der Waals surface area (Å²) in [6.07, 6.45) is 5.26. The van der Waals surface area contributed by atoms with Gasteiger partial charge in [0.05, 0.1) is 6.20 Å². The molecule has 7 nitrogen and oxygen atoms in total. The number of pyridine rings is 1. The Morgan fingerprint density at radius 3 is 2.31 bits per heavy atom. The van der Waals surface area contributed by atoms with Gasteiger partial charge in [-0.05, 0) is 36.4 Å². The molecule has 0 atom stereocenters. The molecule has 6 aromatic rings.